The molecule has 0 bridgehead atoms. The number of thiocarbonyl (C=S) groups is 1. The van der Waals surface area contributed by atoms with E-state index in [-0.39, 0.29) is 24.5 Å². The van der Waals surface area contributed by atoms with Gasteiger partial charge in [0.05, 0.1) is 16.0 Å². The number of ether oxygens (including phenoxy) is 1. The summed E-state index contributed by atoms with van der Waals surface area (Å²) in [5.41, 5.74) is 3.56. The van der Waals surface area contributed by atoms with Crippen LogP contribution in [-0.4, -0.2) is 27.6 Å². The van der Waals surface area contributed by atoms with E-state index in [1.165, 1.54) is 11.8 Å². The van der Waals surface area contributed by atoms with Crippen LogP contribution in [0.1, 0.15) is 29.7 Å². The molecule has 1 N–H and O–H groups in total. The van der Waals surface area contributed by atoms with E-state index in [1.54, 1.807) is 29.2 Å². The van der Waals surface area contributed by atoms with E-state index in [1.807, 2.05) is 68.4 Å². The molecule has 0 radical (unpaired) electrons. The third kappa shape index (κ3) is 6.11. The number of hydrogen-bond acceptors (Lipinski definition) is 5. The Morgan fingerprint density at radius 3 is 2.54 bits per heavy atom. The molecule has 5 nitrogen and oxygen atoms in total. The number of halogens is 1. The molecule has 0 saturated carbocycles. The number of anilines is 1. The molecule has 35 heavy (non-hydrogen) atoms. The lowest BCUT2D eigenvalue weighted by Gasteiger charge is -2.23. The van der Waals surface area contributed by atoms with Crippen LogP contribution in [0.5, 0.6) is 5.75 Å². The van der Waals surface area contributed by atoms with Crippen molar-refractivity contribution in [2.75, 3.05) is 11.9 Å². The van der Waals surface area contributed by atoms with Gasteiger partial charge in [-0.05, 0) is 55.3 Å². The lowest BCUT2D eigenvalue weighted by molar-refractivity contribution is -0.123. The molecule has 0 unspecified atom stereocenters. The fraction of sp³-hybridized carbons (Fsp3) is 0.148. The number of amides is 2. The maximum absolute atomic E-state index is 13.1. The van der Waals surface area contributed by atoms with Gasteiger partial charge in [0, 0.05) is 5.69 Å². The first kappa shape index (κ1) is 25.0. The summed E-state index contributed by atoms with van der Waals surface area (Å²) in [6, 6.07) is 22.3. The van der Waals surface area contributed by atoms with Gasteiger partial charge in [0.15, 0.2) is 6.61 Å². The van der Waals surface area contributed by atoms with Crippen molar-refractivity contribution in [3.63, 3.8) is 0 Å². The van der Waals surface area contributed by atoms with E-state index in [0.29, 0.717) is 25.7 Å². The normalized spacial score (nSPS) is 15.4. The fourth-order valence-corrected chi connectivity index (χ4v) is 5.21. The van der Waals surface area contributed by atoms with Gasteiger partial charge >= 0.3 is 0 Å². The first-order chi connectivity index (χ1) is 16.8. The van der Waals surface area contributed by atoms with Crippen LogP contribution >= 0.6 is 35.6 Å². The predicted molar refractivity (Wildman–Crippen MR) is 147 cm³/mol. The number of nitrogens with zero attached hydrogens (tertiary/aromatic N) is 1. The number of nitrogens with one attached hydrogen (secondary N) is 1. The fourth-order valence-electron chi connectivity index (χ4n) is 3.55. The Morgan fingerprint density at radius 1 is 1.14 bits per heavy atom. The summed E-state index contributed by atoms with van der Waals surface area (Å²) in [5, 5.41) is 3.12. The minimum absolute atomic E-state index is 0.138. The van der Waals surface area contributed by atoms with Crippen LogP contribution in [0.2, 0.25) is 5.02 Å². The van der Waals surface area contributed by atoms with E-state index >= 15 is 0 Å². The highest BCUT2D eigenvalue weighted by Gasteiger charge is 2.35. The van der Waals surface area contributed by atoms with Crippen molar-refractivity contribution in [1.82, 2.24) is 4.90 Å². The second-order valence-electron chi connectivity index (χ2n) is 8.03. The monoisotopic (exact) mass is 522 g/mol. The average Bonchev–Trinajstić information content (AvgIpc) is 3.12. The van der Waals surface area contributed by atoms with Gasteiger partial charge in [-0.15, -0.1) is 0 Å². The van der Waals surface area contributed by atoms with Gasteiger partial charge in [-0.2, -0.15) is 0 Å². The highest BCUT2D eigenvalue weighted by Crippen LogP contribution is 2.38. The van der Waals surface area contributed by atoms with E-state index < -0.39 is 0 Å². The van der Waals surface area contributed by atoms with Gasteiger partial charge in [0.1, 0.15) is 10.1 Å². The van der Waals surface area contributed by atoms with Crippen molar-refractivity contribution in [2.45, 2.75) is 19.9 Å². The van der Waals surface area contributed by atoms with Crippen molar-refractivity contribution < 1.29 is 14.3 Å². The smallest absolute Gasteiger partial charge is 0.266 e. The standard InChI is InChI=1S/C27H23ClN2O3S2/c1-17-8-11-21(12-9-17)29-25(31)16-33-23-13-10-19(14-22(23)28)15-24-26(32)30(27(34)35-24)18(2)20-6-4-3-5-7-20/h3-15,18H,16H2,1-2H3,(H,29,31)/b24-15-/t18-/m0/s1. The quantitative estimate of drug-likeness (QED) is 0.279. The average molecular weight is 523 g/mol. The van der Waals surface area contributed by atoms with Crippen molar-refractivity contribution in [2.24, 2.45) is 0 Å². The van der Waals surface area contributed by atoms with Gasteiger partial charge in [-0.25, -0.2) is 0 Å². The van der Waals surface area contributed by atoms with Crippen LogP contribution in [0, 0.1) is 6.92 Å². The molecular weight excluding hydrogens is 500 g/mol. The molecule has 3 aromatic rings. The molecule has 4 rings (SSSR count). The maximum atomic E-state index is 13.1. The van der Waals surface area contributed by atoms with Gasteiger partial charge in [-0.1, -0.05) is 89.7 Å². The maximum Gasteiger partial charge on any atom is 0.266 e. The van der Waals surface area contributed by atoms with Gasteiger partial charge in [-0.3, -0.25) is 14.5 Å². The number of carbonyl (C=O) groups is 2. The van der Waals surface area contributed by atoms with Crippen LogP contribution in [0.25, 0.3) is 6.08 Å². The van der Waals surface area contributed by atoms with E-state index in [4.69, 9.17) is 28.6 Å². The molecule has 1 fully saturated rings. The second kappa shape index (κ2) is 11.1. The first-order valence-electron chi connectivity index (χ1n) is 10.9. The summed E-state index contributed by atoms with van der Waals surface area (Å²) in [4.78, 5) is 27.4. The molecule has 2 amide bonds. The second-order valence-corrected chi connectivity index (χ2v) is 10.1. The molecule has 0 aromatic heterocycles. The van der Waals surface area contributed by atoms with Crippen molar-refractivity contribution >= 4 is 63.5 Å². The van der Waals surface area contributed by atoms with Crippen molar-refractivity contribution in [3.05, 3.63) is 99.4 Å². The zero-order valence-corrected chi connectivity index (χ0v) is 21.5. The molecule has 1 aliphatic rings. The molecule has 1 saturated heterocycles. The van der Waals surface area contributed by atoms with E-state index in [9.17, 15) is 9.59 Å². The van der Waals surface area contributed by atoms with E-state index in [2.05, 4.69) is 5.32 Å². The van der Waals surface area contributed by atoms with Crippen LogP contribution in [0.3, 0.4) is 0 Å². The number of aryl methyl sites for hydroxylation is 1. The summed E-state index contributed by atoms with van der Waals surface area (Å²) in [6.07, 6.45) is 1.76. The highest BCUT2D eigenvalue weighted by atomic mass is 35.5. The molecule has 1 aliphatic heterocycles. The topological polar surface area (TPSA) is 58.6 Å². The number of benzene rings is 3. The molecule has 0 spiro atoms. The number of thioether (sulfide) groups is 1. The van der Waals surface area contributed by atoms with Gasteiger partial charge in [0.2, 0.25) is 0 Å². The molecule has 8 heteroatoms. The van der Waals surface area contributed by atoms with E-state index in [0.717, 1.165) is 16.7 Å². The van der Waals surface area contributed by atoms with Crippen LogP contribution < -0.4 is 10.1 Å². The Kier molecular flexibility index (Phi) is 7.90. The summed E-state index contributed by atoms with van der Waals surface area (Å²) < 4.78 is 6.11. The Labute approximate surface area is 219 Å². The largest absolute Gasteiger partial charge is 0.482 e. The molecular formula is C27H23ClN2O3S2. The molecule has 3 aromatic carbocycles. The lowest BCUT2D eigenvalue weighted by atomic mass is 10.1. The van der Waals surface area contributed by atoms with Gasteiger partial charge < -0.3 is 10.1 Å². The Bertz CT molecular complexity index is 1290. The zero-order valence-electron chi connectivity index (χ0n) is 19.2. The van der Waals surface area contributed by atoms with Gasteiger partial charge in [0.25, 0.3) is 11.8 Å². The third-order valence-electron chi connectivity index (χ3n) is 5.44. The Hall–Kier alpha value is -3.13. The number of carbonyl (C=O) groups excluding carboxylic acids is 2. The number of hydrogen-bond donors (Lipinski definition) is 1. The summed E-state index contributed by atoms with van der Waals surface area (Å²) in [7, 11) is 0. The minimum atomic E-state index is -0.287. The number of rotatable bonds is 7. The van der Waals surface area contributed by atoms with Crippen molar-refractivity contribution in [1.29, 1.82) is 0 Å². The zero-order chi connectivity index (χ0) is 24.9. The highest BCUT2D eigenvalue weighted by molar-refractivity contribution is 8.26. The van der Waals surface area contributed by atoms with Crippen LogP contribution in [0.15, 0.2) is 77.7 Å². The molecule has 178 valence electrons. The lowest BCUT2D eigenvalue weighted by Crippen LogP contribution is -2.30. The predicted octanol–water partition coefficient (Wildman–Crippen LogP) is 6.63. The third-order valence-corrected chi connectivity index (χ3v) is 7.07. The Morgan fingerprint density at radius 2 is 1.86 bits per heavy atom. The Balaban J connectivity index is 1.40. The van der Waals surface area contributed by atoms with Crippen LogP contribution in [0.4, 0.5) is 5.69 Å². The summed E-state index contributed by atoms with van der Waals surface area (Å²) >= 11 is 13.1. The van der Waals surface area contributed by atoms with Crippen molar-refractivity contribution in [3.8, 4) is 5.75 Å². The first-order valence-corrected chi connectivity index (χ1v) is 12.5. The SMILES string of the molecule is Cc1ccc(NC(=O)COc2ccc(/C=C3\SC(=S)N([C@@H](C)c4ccccc4)C3=O)cc2Cl)cc1. The summed E-state index contributed by atoms with van der Waals surface area (Å²) in [6.45, 7) is 3.76. The molecule has 1 atom stereocenters. The molecule has 1 heterocycles. The van der Waals surface area contributed by atoms with Crippen LogP contribution in [-0.2, 0) is 9.59 Å². The molecule has 0 aliphatic carbocycles. The minimum Gasteiger partial charge on any atom is -0.482 e. The summed E-state index contributed by atoms with van der Waals surface area (Å²) in [5.74, 6) is -0.0427.